The van der Waals surface area contributed by atoms with E-state index in [1.807, 2.05) is 29.8 Å². The quantitative estimate of drug-likeness (QED) is 0.383. The molecule has 0 aliphatic rings. The molecule has 32 heavy (non-hydrogen) atoms. The monoisotopic (exact) mass is 451 g/mol. The van der Waals surface area contributed by atoms with Gasteiger partial charge in [-0.1, -0.05) is 75.0 Å². The second kappa shape index (κ2) is 10.7. The smallest absolute Gasteiger partial charge is 0.230 e. The van der Waals surface area contributed by atoms with Crippen LogP contribution in [0.25, 0.3) is 11.4 Å². The SMILES string of the molecule is CN(CCCNC(=O)CSc1nnc(-c2ccc(C(C)(C)C)cc2)n1C)c1ccccc1. The van der Waals surface area contributed by atoms with Crippen LogP contribution in [0.15, 0.2) is 59.8 Å². The molecule has 0 saturated heterocycles. The number of aromatic nitrogens is 3. The first-order chi connectivity index (χ1) is 15.3. The number of carbonyl (C=O) groups is 1. The summed E-state index contributed by atoms with van der Waals surface area (Å²) in [4.78, 5) is 14.4. The number of hydrogen-bond donors (Lipinski definition) is 1. The summed E-state index contributed by atoms with van der Waals surface area (Å²) in [6.45, 7) is 8.14. The van der Waals surface area contributed by atoms with Gasteiger partial charge in [0.25, 0.3) is 0 Å². The van der Waals surface area contributed by atoms with Crippen molar-refractivity contribution in [3.05, 3.63) is 60.2 Å². The Balaban J connectivity index is 1.45. The van der Waals surface area contributed by atoms with Crippen molar-refractivity contribution in [3.8, 4) is 11.4 Å². The average Bonchev–Trinajstić information content (AvgIpc) is 3.15. The van der Waals surface area contributed by atoms with Crippen LogP contribution in [-0.2, 0) is 17.3 Å². The number of nitrogens with one attached hydrogen (secondary N) is 1. The number of nitrogens with zero attached hydrogens (tertiary/aromatic N) is 4. The van der Waals surface area contributed by atoms with Crippen LogP contribution in [0.3, 0.4) is 0 Å². The molecule has 0 radical (unpaired) electrons. The lowest BCUT2D eigenvalue weighted by Crippen LogP contribution is -2.29. The van der Waals surface area contributed by atoms with Gasteiger partial charge >= 0.3 is 0 Å². The second-order valence-corrected chi connectivity index (χ2v) is 9.88. The van der Waals surface area contributed by atoms with Gasteiger partial charge in [0.2, 0.25) is 5.91 Å². The van der Waals surface area contributed by atoms with Gasteiger partial charge in [0, 0.05) is 38.4 Å². The van der Waals surface area contributed by atoms with Gasteiger partial charge in [0.15, 0.2) is 11.0 Å². The third-order valence-electron chi connectivity index (χ3n) is 5.37. The zero-order valence-electron chi connectivity index (χ0n) is 19.6. The molecular formula is C25H33N5OS. The van der Waals surface area contributed by atoms with E-state index in [1.54, 1.807) is 0 Å². The Morgan fingerprint density at radius 2 is 1.75 bits per heavy atom. The summed E-state index contributed by atoms with van der Waals surface area (Å²) in [5, 5.41) is 12.3. The first-order valence-electron chi connectivity index (χ1n) is 10.9. The van der Waals surface area contributed by atoms with E-state index in [0.29, 0.717) is 12.3 Å². The largest absolute Gasteiger partial charge is 0.375 e. The van der Waals surface area contributed by atoms with E-state index in [2.05, 4.69) is 84.6 Å². The van der Waals surface area contributed by atoms with E-state index in [-0.39, 0.29) is 11.3 Å². The van der Waals surface area contributed by atoms with E-state index >= 15 is 0 Å². The number of anilines is 1. The predicted molar refractivity (Wildman–Crippen MR) is 133 cm³/mol. The number of amides is 1. The van der Waals surface area contributed by atoms with E-state index in [1.165, 1.54) is 23.0 Å². The number of benzene rings is 2. The van der Waals surface area contributed by atoms with E-state index < -0.39 is 0 Å². The van der Waals surface area contributed by atoms with Crippen LogP contribution in [0.2, 0.25) is 0 Å². The molecule has 1 amide bonds. The molecule has 2 aromatic carbocycles. The van der Waals surface area contributed by atoms with E-state index in [0.717, 1.165) is 29.5 Å². The fourth-order valence-electron chi connectivity index (χ4n) is 3.35. The van der Waals surface area contributed by atoms with Crippen LogP contribution < -0.4 is 10.2 Å². The van der Waals surface area contributed by atoms with Crippen LogP contribution in [0.4, 0.5) is 5.69 Å². The Hall–Kier alpha value is -2.80. The zero-order valence-corrected chi connectivity index (χ0v) is 20.4. The van der Waals surface area contributed by atoms with Crippen LogP contribution in [0.1, 0.15) is 32.8 Å². The van der Waals surface area contributed by atoms with Crippen molar-refractivity contribution >= 4 is 23.4 Å². The summed E-state index contributed by atoms with van der Waals surface area (Å²) < 4.78 is 1.94. The minimum atomic E-state index is 0.0106. The number of rotatable bonds is 9. The van der Waals surface area contributed by atoms with Gasteiger partial charge < -0.3 is 14.8 Å². The molecule has 1 N–H and O–H groups in total. The highest BCUT2D eigenvalue weighted by Crippen LogP contribution is 2.27. The summed E-state index contributed by atoms with van der Waals surface area (Å²) in [5.41, 5.74) is 3.60. The number of hydrogen-bond acceptors (Lipinski definition) is 5. The summed E-state index contributed by atoms with van der Waals surface area (Å²) in [6.07, 6.45) is 0.889. The van der Waals surface area contributed by atoms with Crippen molar-refractivity contribution in [2.45, 2.75) is 37.8 Å². The maximum atomic E-state index is 12.2. The molecule has 0 atom stereocenters. The molecule has 0 unspecified atom stereocenters. The highest BCUT2D eigenvalue weighted by atomic mass is 32.2. The summed E-state index contributed by atoms with van der Waals surface area (Å²) in [7, 11) is 4.00. The van der Waals surface area contributed by atoms with E-state index in [9.17, 15) is 4.79 Å². The molecule has 0 spiro atoms. The summed E-state index contributed by atoms with van der Waals surface area (Å²) in [6, 6.07) is 18.7. The number of carbonyl (C=O) groups excluding carboxylic acids is 1. The Labute approximate surface area is 195 Å². The maximum absolute atomic E-state index is 12.2. The fraction of sp³-hybridized carbons (Fsp3) is 0.400. The van der Waals surface area contributed by atoms with Crippen LogP contribution in [0.5, 0.6) is 0 Å². The average molecular weight is 452 g/mol. The van der Waals surface area contributed by atoms with Gasteiger partial charge in [-0.2, -0.15) is 0 Å². The van der Waals surface area contributed by atoms with Crippen molar-refractivity contribution < 1.29 is 4.79 Å². The van der Waals surface area contributed by atoms with Crippen molar-refractivity contribution in [1.29, 1.82) is 0 Å². The zero-order chi connectivity index (χ0) is 23.1. The lowest BCUT2D eigenvalue weighted by molar-refractivity contribution is -0.118. The Morgan fingerprint density at radius 1 is 1.06 bits per heavy atom. The summed E-state index contributed by atoms with van der Waals surface area (Å²) >= 11 is 1.41. The molecule has 1 aromatic heterocycles. The third kappa shape index (κ3) is 6.36. The number of thioether (sulfide) groups is 1. The minimum absolute atomic E-state index is 0.0106. The number of para-hydroxylation sites is 1. The van der Waals surface area contributed by atoms with Crippen LogP contribution >= 0.6 is 11.8 Å². The lowest BCUT2D eigenvalue weighted by Gasteiger charge is -2.19. The van der Waals surface area contributed by atoms with Crippen LogP contribution in [0, 0.1) is 0 Å². The molecule has 3 aromatic rings. The Bertz CT molecular complexity index is 1010. The lowest BCUT2D eigenvalue weighted by atomic mass is 9.87. The van der Waals surface area contributed by atoms with Gasteiger partial charge in [0.1, 0.15) is 0 Å². The van der Waals surface area contributed by atoms with Gasteiger partial charge in [-0.15, -0.1) is 10.2 Å². The molecule has 1 heterocycles. The minimum Gasteiger partial charge on any atom is -0.375 e. The van der Waals surface area contributed by atoms with Crippen molar-refractivity contribution in [3.63, 3.8) is 0 Å². The van der Waals surface area contributed by atoms with Gasteiger partial charge in [-0.05, 0) is 29.5 Å². The fourth-order valence-corrected chi connectivity index (χ4v) is 4.09. The summed E-state index contributed by atoms with van der Waals surface area (Å²) in [5.74, 6) is 1.14. The highest BCUT2D eigenvalue weighted by Gasteiger charge is 2.16. The Morgan fingerprint density at radius 3 is 2.41 bits per heavy atom. The van der Waals surface area contributed by atoms with Crippen molar-refractivity contribution in [2.75, 3.05) is 30.8 Å². The standard InChI is InChI=1S/C25H33N5OS/c1-25(2,3)20-14-12-19(13-15-20)23-27-28-24(30(23)5)32-18-22(31)26-16-9-17-29(4)21-10-7-6-8-11-21/h6-8,10-15H,9,16-18H2,1-5H3,(H,26,31). The molecule has 0 aliphatic heterocycles. The second-order valence-electron chi connectivity index (χ2n) is 8.94. The van der Waals surface area contributed by atoms with E-state index in [4.69, 9.17) is 0 Å². The maximum Gasteiger partial charge on any atom is 0.230 e. The Kier molecular flexibility index (Phi) is 7.96. The first-order valence-corrected chi connectivity index (χ1v) is 11.9. The van der Waals surface area contributed by atoms with Crippen LogP contribution in [-0.4, -0.2) is 46.6 Å². The van der Waals surface area contributed by atoms with Crippen molar-refractivity contribution in [2.24, 2.45) is 7.05 Å². The van der Waals surface area contributed by atoms with Gasteiger partial charge in [0.05, 0.1) is 5.75 Å². The highest BCUT2D eigenvalue weighted by molar-refractivity contribution is 7.99. The molecular weight excluding hydrogens is 418 g/mol. The third-order valence-corrected chi connectivity index (χ3v) is 6.39. The molecule has 0 fully saturated rings. The molecule has 0 saturated carbocycles. The molecule has 0 aliphatic carbocycles. The normalized spacial score (nSPS) is 11.4. The van der Waals surface area contributed by atoms with Gasteiger partial charge in [-0.3, -0.25) is 4.79 Å². The topological polar surface area (TPSA) is 63.1 Å². The molecule has 170 valence electrons. The van der Waals surface area contributed by atoms with Crippen molar-refractivity contribution in [1.82, 2.24) is 20.1 Å². The molecule has 6 nitrogen and oxygen atoms in total. The predicted octanol–water partition coefficient (Wildman–Crippen LogP) is 4.51. The molecule has 0 bridgehead atoms. The molecule has 3 rings (SSSR count). The first kappa shape index (κ1) is 23.9. The van der Waals surface area contributed by atoms with Gasteiger partial charge in [-0.25, -0.2) is 0 Å². The molecule has 7 heteroatoms.